The molecular weight excluding hydrogens is 208 g/mol. The van der Waals surface area contributed by atoms with Gasteiger partial charge in [0.2, 0.25) is 0 Å². The van der Waals surface area contributed by atoms with Gasteiger partial charge in [-0.3, -0.25) is 10.1 Å². The van der Waals surface area contributed by atoms with E-state index in [1.165, 1.54) is 12.1 Å². The van der Waals surface area contributed by atoms with E-state index in [0.717, 1.165) is 11.3 Å². The van der Waals surface area contributed by atoms with E-state index in [9.17, 15) is 10.1 Å². The van der Waals surface area contributed by atoms with Crippen molar-refractivity contribution in [2.24, 2.45) is 7.05 Å². The SMILES string of the molecule is Cn1c(-c2cccc([N+](=O)[O-])c2)cnc1N. The minimum absolute atomic E-state index is 0.0530. The monoisotopic (exact) mass is 218 g/mol. The summed E-state index contributed by atoms with van der Waals surface area (Å²) in [6.07, 6.45) is 1.59. The van der Waals surface area contributed by atoms with E-state index >= 15 is 0 Å². The minimum Gasteiger partial charge on any atom is -0.369 e. The van der Waals surface area contributed by atoms with Crippen LogP contribution in [-0.2, 0) is 7.05 Å². The van der Waals surface area contributed by atoms with Gasteiger partial charge in [0.1, 0.15) is 0 Å². The zero-order valence-corrected chi connectivity index (χ0v) is 8.62. The third-order valence-electron chi connectivity index (χ3n) is 2.38. The Labute approximate surface area is 91.5 Å². The van der Waals surface area contributed by atoms with Crippen molar-refractivity contribution in [3.05, 3.63) is 40.6 Å². The highest BCUT2D eigenvalue weighted by atomic mass is 16.6. The maximum absolute atomic E-state index is 10.6. The molecule has 0 aliphatic rings. The number of hydrogen-bond donors (Lipinski definition) is 1. The average molecular weight is 218 g/mol. The summed E-state index contributed by atoms with van der Waals surface area (Å²) in [7, 11) is 1.76. The highest BCUT2D eigenvalue weighted by Gasteiger charge is 2.10. The molecule has 16 heavy (non-hydrogen) atoms. The van der Waals surface area contributed by atoms with Gasteiger partial charge in [-0.15, -0.1) is 0 Å². The summed E-state index contributed by atoms with van der Waals surface area (Å²) in [6.45, 7) is 0. The second-order valence-electron chi connectivity index (χ2n) is 3.37. The number of anilines is 1. The fourth-order valence-corrected chi connectivity index (χ4v) is 1.47. The molecule has 0 amide bonds. The molecule has 2 rings (SSSR count). The van der Waals surface area contributed by atoms with Crippen LogP contribution in [0.2, 0.25) is 0 Å². The lowest BCUT2D eigenvalue weighted by Gasteiger charge is -2.02. The first-order chi connectivity index (χ1) is 7.59. The van der Waals surface area contributed by atoms with Gasteiger partial charge >= 0.3 is 0 Å². The van der Waals surface area contributed by atoms with Crippen molar-refractivity contribution in [2.75, 3.05) is 5.73 Å². The highest BCUT2D eigenvalue weighted by molar-refractivity contribution is 5.64. The van der Waals surface area contributed by atoms with Crippen LogP contribution in [0.15, 0.2) is 30.5 Å². The molecule has 2 N–H and O–H groups in total. The predicted octanol–water partition coefficient (Wildman–Crippen LogP) is 1.58. The largest absolute Gasteiger partial charge is 0.369 e. The van der Waals surface area contributed by atoms with Crippen LogP contribution in [0.25, 0.3) is 11.3 Å². The Morgan fingerprint density at radius 2 is 2.25 bits per heavy atom. The topological polar surface area (TPSA) is 87.0 Å². The maximum atomic E-state index is 10.6. The first-order valence-corrected chi connectivity index (χ1v) is 4.61. The Balaban J connectivity index is 2.52. The molecule has 82 valence electrons. The van der Waals surface area contributed by atoms with Crippen molar-refractivity contribution in [1.82, 2.24) is 9.55 Å². The lowest BCUT2D eigenvalue weighted by Crippen LogP contribution is -1.98. The van der Waals surface area contributed by atoms with Crippen molar-refractivity contribution in [2.45, 2.75) is 0 Å². The number of imidazole rings is 1. The molecule has 1 aromatic heterocycles. The molecule has 0 bridgehead atoms. The number of rotatable bonds is 2. The summed E-state index contributed by atoms with van der Waals surface area (Å²) in [5, 5.41) is 10.6. The van der Waals surface area contributed by atoms with Gasteiger partial charge in [0.15, 0.2) is 5.95 Å². The Morgan fingerprint density at radius 1 is 1.50 bits per heavy atom. The number of nitrogens with two attached hydrogens (primary N) is 1. The standard InChI is InChI=1S/C10H10N4O2/c1-13-9(6-12-10(13)11)7-3-2-4-8(5-7)14(15)16/h2-6H,1H3,(H2,11,12). The lowest BCUT2D eigenvalue weighted by atomic mass is 10.1. The van der Waals surface area contributed by atoms with Crippen molar-refractivity contribution in [3.63, 3.8) is 0 Å². The number of nitrogens with zero attached hydrogens (tertiary/aromatic N) is 3. The summed E-state index contributed by atoms with van der Waals surface area (Å²) in [5.74, 6) is 0.376. The van der Waals surface area contributed by atoms with Crippen molar-refractivity contribution < 1.29 is 4.92 Å². The Bertz CT molecular complexity index is 548. The predicted molar refractivity (Wildman–Crippen MR) is 59.7 cm³/mol. The van der Waals surface area contributed by atoms with Gasteiger partial charge in [-0.25, -0.2) is 4.98 Å². The fraction of sp³-hybridized carbons (Fsp3) is 0.100. The zero-order valence-electron chi connectivity index (χ0n) is 8.62. The van der Waals surface area contributed by atoms with Crippen LogP contribution in [0.5, 0.6) is 0 Å². The number of nitro groups is 1. The van der Waals surface area contributed by atoms with Crippen LogP contribution in [0.1, 0.15) is 0 Å². The quantitative estimate of drug-likeness (QED) is 0.612. The Kier molecular flexibility index (Phi) is 2.32. The van der Waals surface area contributed by atoms with E-state index < -0.39 is 4.92 Å². The van der Waals surface area contributed by atoms with E-state index in [1.807, 2.05) is 0 Å². The molecule has 0 aliphatic carbocycles. The molecule has 0 spiro atoms. The van der Waals surface area contributed by atoms with Gasteiger partial charge in [0.05, 0.1) is 16.8 Å². The number of nitrogen functional groups attached to an aromatic ring is 1. The smallest absolute Gasteiger partial charge is 0.270 e. The molecule has 6 nitrogen and oxygen atoms in total. The van der Waals surface area contributed by atoms with E-state index in [2.05, 4.69) is 4.98 Å². The van der Waals surface area contributed by atoms with Gasteiger partial charge in [-0.05, 0) is 0 Å². The number of hydrogen-bond acceptors (Lipinski definition) is 4. The molecule has 6 heteroatoms. The third kappa shape index (κ3) is 1.60. The molecule has 0 unspecified atom stereocenters. The van der Waals surface area contributed by atoms with Crippen molar-refractivity contribution in [1.29, 1.82) is 0 Å². The lowest BCUT2D eigenvalue weighted by molar-refractivity contribution is -0.384. The van der Waals surface area contributed by atoms with Crippen LogP contribution in [0.4, 0.5) is 11.6 Å². The van der Waals surface area contributed by atoms with Crippen molar-refractivity contribution in [3.8, 4) is 11.3 Å². The molecule has 0 atom stereocenters. The summed E-state index contributed by atoms with van der Waals surface area (Å²) in [4.78, 5) is 14.1. The van der Waals surface area contributed by atoms with Crippen LogP contribution >= 0.6 is 0 Å². The fourth-order valence-electron chi connectivity index (χ4n) is 1.47. The minimum atomic E-state index is -0.427. The molecule has 0 aliphatic heterocycles. The summed E-state index contributed by atoms with van der Waals surface area (Å²) >= 11 is 0. The first-order valence-electron chi connectivity index (χ1n) is 4.61. The number of non-ortho nitro benzene ring substituents is 1. The molecule has 0 radical (unpaired) electrons. The number of aromatic nitrogens is 2. The summed E-state index contributed by atoms with van der Waals surface area (Å²) in [5.41, 5.74) is 7.12. The van der Waals surface area contributed by atoms with Crippen molar-refractivity contribution >= 4 is 11.6 Å². The van der Waals surface area contributed by atoms with Gasteiger partial charge < -0.3 is 10.3 Å². The van der Waals surface area contributed by atoms with E-state index in [0.29, 0.717) is 5.95 Å². The molecule has 0 saturated carbocycles. The maximum Gasteiger partial charge on any atom is 0.270 e. The summed E-state index contributed by atoms with van der Waals surface area (Å²) in [6, 6.07) is 6.36. The zero-order chi connectivity index (χ0) is 11.7. The molecule has 0 saturated heterocycles. The van der Waals surface area contributed by atoms with Gasteiger partial charge in [0.25, 0.3) is 5.69 Å². The number of nitro benzene ring substituents is 1. The second kappa shape index (κ2) is 3.65. The van der Waals surface area contributed by atoms with Crippen LogP contribution in [0.3, 0.4) is 0 Å². The normalized spacial score (nSPS) is 10.3. The van der Waals surface area contributed by atoms with E-state index in [4.69, 9.17) is 5.73 Å². The third-order valence-corrected chi connectivity index (χ3v) is 2.38. The molecule has 1 aromatic carbocycles. The highest BCUT2D eigenvalue weighted by Crippen LogP contribution is 2.24. The van der Waals surface area contributed by atoms with Crippen LogP contribution in [-0.4, -0.2) is 14.5 Å². The van der Waals surface area contributed by atoms with Gasteiger partial charge in [-0.2, -0.15) is 0 Å². The van der Waals surface area contributed by atoms with Gasteiger partial charge in [0, 0.05) is 24.7 Å². The molecule has 0 fully saturated rings. The Morgan fingerprint density at radius 3 is 2.81 bits per heavy atom. The first kappa shape index (κ1) is 10.2. The van der Waals surface area contributed by atoms with Crippen LogP contribution in [0, 0.1) is 10.1 Å². The van der Waals surface area contributed by atoms with E-state index in [1.54, 1.807) is 29.9 Å². The van der Waals surface area contributed by atoms with E-state index in [-0.39, 0.29) is 5.69 Å². The second-order valence-corrected chi connectivity index (χ2v) is 3.37. The molecule has 2 aromatic rings. The summed E-state index contributed by atoms with van der Waals surface area (Å²) < 4.78 is 1.68. The Hall–Kier alpha value is -2.37. The average Bonchev–Trinajstić information content (AvgIpc) is 2.60. The molecule has 1 heterocycles. The van der Waals surface area contributed by atoms with Crippen LogP contribution < -0.4 is 5.73 Å². The number of benzene rings is 1. The molecular formula is C10H10N4O2. The van der Waals surface area contributed by atoms with Gasteiger partial charge in [-0.1, -0.05) is 12.1 Å².